The Balaban J connectivity index is 1.81. The first-order valence-corrected chi connectivity index (χ1v) is 10.4. The molecule has 1 heterocycles. The van der Waals surface area contributed by atoms with E-state index in [2.05, 4.69) is 0 Å². The van der Waals surface area contributed by atoms with Crippen LogP contribution >= 0.6 is 11.6 Å². The van der Waals surface area contributed by atoms with Crippen molar-refractivity contribution in [2.45, 2.75) is 4.90 Å². The molecule has 32 heavy (non-hydrogen) atoms. The molecule has 1 aliphatic heterocycles. The average Bonchev–Trinajstić information content (AvgIpc) is 2.74. The van der Waals surface area contributed by atoms with Crippen LogP contribution in [0.4, 0.5) is 5.69 Å². The molecule has 13 heteroatoms. The van der Waals surface area contributed by atoms with Gasteiger partial charge in [-0.2, -0.15) is 8.42 Å². The number of rotatable bonds is 5. The lowest BCUT2D eigenvalue weighted by molar-refractivity contribution is -0.384. The van der Waals surface area contributed by atoms with Crippen LogP contribution in [-0.2, 0) is 14.4 Å². The summed E-state index contributed by atoms with van der Waals surface area (Å²) in [5.41, 5.74) is -1.40. The predicted octanol–water partition coefficient (Wildman–Crippen LogP) is 3.02. The van der Waals surface area contributed by atoms with Gasteiger partial charge in [0.15, 0.2) is 0 Å². The third-order valence-corrected chi connectivity index (χ3v) is 6.14. The summed E-state index contributed by atoms with van der Waals surface area (Å²) in [6.07, 6.45) is 0. The highest BCUT2D eigenvalue weighted by Gasteiger charge is 2.39. The smallest absolute Gasteiger partial charge is 0.337 e. The zero-order valence-electron chi connectivity index (χ0n) is 15.5. The minimum absolute atomic E-state index is 0.0365. The number of carboxylic acids is 1. The standard InChI is InChI=1S/C19H9ClN2O9S/c20-15-5-4-11(8-13(15)19(25)26)32(29,30)31-21-17(23)12-3-1-2-9-6-10(22(27)28)7-14(16(9)12)18(21)24/h1-8H,(H,25,26). The molecule has 0 saturated carbocycles. The van der Waals surface area contributed by atoms with Gasteiger partial charge in [-0.05, 0) is 29.7 Å². The molecule has 3 aromatic rings. The second-order valence-corrected chi connectivity index (χ2v) is 8.47. The van der Waals surface area contributed by atoms with Crippen LogP contribution in [0.15, 0.2) is 53.4 Å². The Kier molecular flexibility index (Phi) is 4.92. The average molecular weight is 477 g/mol. The molecule has 1 aliphatic rings. The molecule has 2 amide bonds. The topological polar surface area (TPSA) is 161 Å². The third kappa shape index (κ3) is 3.36. The highest BCUT2D eigenvalue weighted by molar-refractivity contribution is 7.86. The number of amides is 2. The van der Waals surface area contributed by atoms with Crippen molar-refractivity contribution >= 4 is 56.0 Å². The first-order chi connectivity index (χ1) is 15.0. The number of carbonyl (C=O) groups excluding carboxylic acids is 2. The summed E-state index contributed by atoms with van der Waals surface area (Å²) in [6, 6.07) is 8.90. The Hall–Kier alpha value is -3.87. The van der Waals surface area contributed by atoms with Crippen LogP contribution in [0.3, 0.4) is 0 Å². The number of nitro benzene ring substituents is 1. The van der Waals surface area contributed by atoms with Gasteiger partial charge in [0, 0.05) is 17.5 Å². The van der Waals surface area contributed by atoms with Crippen molar-refractivity contribution in [3.05, 3.63) is 80.4 Å². The van der Waals surface area contributed by atoms with Crippen LogP contribution in [0.1, 0.15) is 31.1 Å². The van der Waals surface area contributed by atoms with Gasteiger partial charge in [-0.1, -0.05) is 23.7 Å². The summed E-state index contributed by atoms with van der Waals surface area (Å²) in [7, 11) is -4.87. The highest BCUT2D eigenvalue weighted by Crippen LogP contribution is 2.34. The van der Waals surface area contributed by atoms with Gasteiger partial charge in [0.1, 0.15) is 0 Å². The number of carboxylic acid groups (broad SMARTS) is 1. The molecule has 0 fully saturated rings. The van der Waals surface area contributed by atoms with Gasteiger partial charge in [-0.3, -0.25) is 19.7 Å². The first-order valence-electron chi connectivity index (χ1n) is 8.58. The zero-order valence-corrected chi connectivity index (χ0v) is 17.1. The lowest BCUT2D eigenvalue weighted by atomic mass is 9.94. The number of hydroxylamine groups is 2. The van der Waals surface area contributed by atoms with E-state index in [0.29, 0.717) is 6.07 Å². The maximum Gasteiger partial charge on any atom is 0.337 e. The summed E-state index contributed by atoms with van der Waals surface area (Å²) >= 11 is 5.73. The van der Waals surface area contributed by atoms with Gasteiger partial charge < -0.3 is 5.11 Å². The monoisotopic (exact) mass is 476 g/mol. The van der Waals surface area contributed by atoms with Gasteiger partial charge in [0.25, 0.3) is 17.5 Å². The Morgan fingerprint density at radius 1 is 1.06 bits per heavy atom. The van der Waals surface area contributed by atoms with E-state index >= 15 is 0 Å². The molecular weight excluding hydrogens is 468 g/mol. The van der Waals surface area contributed by atoms with E-state index in [1.807, 2.05) is 0 Å². The summed E-state index contributed by atoms with van der Waals surface area (Å²) in [5.74, 6) is -3.86. The molecule has 11 nitrogen and oxygen atoms in total. The lowest BCUT2D eigenvalue weighted by Crippen LogP contribution is -2.41. The molecule has 1 N–H and O–H groups in total. The number of benzene rings is 3. The molecular formula is C19H9ClN2O9S. The number of halogens is 1. The molecule has 3 aromatic carbocycles. The number of hydrogen-bond acceptors (Lipinski definition) is 8. The van der Waals surface area contributed by atoms with Crippen molar-refractivity contribution in [1.82, 2.24) is 5.06 Å². The number of aromatic carboxylic acids is 1. The van der Waals surface area contributed by atoms with Gasteiger partial charge in [-0.25, -0.2) is 4.79 Å². The van der Waals surface area contributed by atoms with Gasteiger partial charge in [0.05, 0.1) is 31.5 Å². The van der Waals surface area contributed by atoms with E-state index in [1.165, 1.54) is 24.3 Å². The molecule has 0 bridgehead atoms. The number of nitro groups is 1. The molecule has 4 rings (SSSR count). The largest absolute Gasteiger partial charge is 0.478 e. The summed E-state index contributed by atoms with van der Waals surface area (Å²) < 4.78 is 30.1. The van der Waals surface area contributed by atoms with Crippen molar-refractivity contribution in [3.8, 4) is 0 Å². The van der Waals surface area contributed by atoms with Crippen LogP contribution in [0, 0.1) is 10.1 Å². The fraction of sp³-hybridized carbons (Fsp3) is 0. The van der Waals surface area contributed by atoms with Gasteiger partial charge in [-0.15, -0.1) is 9.35 Å². The second kappa shape index (κ2) is 7.37. The first kappa shape index (κ1) is 21.4. The van der Waals surface area contributed by atoms with E-state index in [4.69, 9.17) is 21.0 Å². The summed E-state index contributed by atoms with van der Waals surface area (Å²) in [4.78, 5) is 46.8. The van der Waals surface area contributed by atoms with E-state index in [-0.39, 0.29) is 32.0 Å². The Bertz CT molecular complexity index is 1480. The Labute approximate surface area is 183 Å². The Morgan fingerprint density at radius 2 is 1.75 bits per heavy atom. The van der Waals surface area contributed by atoms with Crippen molar-refractivity contribution in [2.75, 3.05) is 0 Å². The van der Waals surface area contributed by atoms with E-state index < -0.39 is 49.0 Å². The van der Waals surface area contributed by atoms with Crippen LogP contribution < -0.4 is 0 Å². The van der Waals surface area contributed by atoms with Crippen molar-refractivity contribution in [3.63, 3.8) is 0 Å². The molecule has 0 spiro atoms. The quantitative estimate of drug-likeness (QED) is 0.331. The number of nitrogens with zero attached hydrogens (tertiary/aromatic N) is 2. The highest BCUT2D eigenvalue weighted by atomic mass is 35.5. The normalized spacial score (nSPS) is 13.5. The minimum Gasteiger partial charge on any atom is -0.478 e. The summed E-state index contributed by atoms with van der Waals surface area (Å²) in [6.45, 7) is 0. The second-order valence-electron chi connectivity index (χ2n) is 6.53. The fourth-order valence-corrected chi connectivity index (χ4v) is 4.32. The molecule has 0 unspecified atom stereocenters. The van der Waals surface area contributed by atoms with E-state index in [0.717, 1.165) is 18.2 Å². The number of carbonyl (C=O) groups is 3. The molecule has 0 aromatic heterocycles. The molecule has 0 atom stereocenters. The van der Waals surface area contributed by atoms with E-state index in [9.17, 15) is 32.9 Å². The van der Waals surface area contributed by atoms with Gasteiger partial charge in [0.2, 0.25) is 0 Å². The maximum absolute atomic E-state index is 12.9. The van der Waals surface area contributed by atoms with Crippen molar-refractivity contribution in [2.24, 2.45) is 0 Å². The van der Waals surface area contributed by atoms with Crippen molar-refractivity contribution < 1.29 is 37.1 Å². The molecule has 0 radical (unpaired) electrons. The van der Waals surface area contributed by atoms with Crippen LogP contribution in [0.25, 0.3) is 10.8 Å². The van der Waals surface area contributed by atoms with Crippen LogP contribution in [0.5, 0.6) is 0 Å². The van der Waals surface area contributed by atoms with Gasteiger partial charge >= 0.3 is 16.1 Å². The van der Waals surface area contributed by atoms with Crippen molar-refractivity contribution in [1.29, 1.82) is 0 Å². The van der Waals surface area contributed by atoms with Crippen LogP contribution in [0.2, 0.25) is 5.02 Å². The molecule has 162 valence electrons. The molecule has 0 saturated heterocycles. The molecule has 0 aliphatic carbocycles. The third-order valence-electron chi connectivity index (χ3n) is 4.63. The Morgan fingerprint density at radius 3 is 2.41 bits per heavy atom. The number of non-ortho nitro benzene ring substituents is 1. The number of imide groups is 1. The zero-order chi connectivity index (χ0) is 23.4. The summed E-state index contributed by atoms with van der Waals surface area (Å²) in [5, 5.41) is 20.4. The number of hydrogen-bond donors (Lipinski definition) is 1. The fourth-order valence-electron chi connectivity index (χ4n) is 3.21. The van der Waals surface area contributed by atoms with E-state index in [1.54, 1.807) is 0 Å². The van der Waals surface area contributed by atoms with Crippen LogP contribution in [-0.4, -0.2) is 41.3 Å². The lowest BCUT2D eigenvalue weighted by Gasteiger charge is -2.25. The predicted molar refractivity (Wildman–Crippen MR) is 108 cm³/mol. The SMILES string of the molecule is O=C(O)c1cc(S(=O)(=O)ON2C(=O)c3cccc4cc([N+](=O)[O-])cc(c34)C2=O)ccc1Cl. The maximum atomic E-state index is 12.9. The minimum atomic E-state index is -4.87.